The third-order valence-corrected chi connectivity index (χ3v) is 2.40. The predicted octanol–water partition coefficient (Wildman–Crippen LogP) is 2.82. The Morgan fingerprint density at radius 3 is 2.36 bits per heavy atom. The molecule has 0 aliphatic carbocycles. The zero-order chi connectivity index (χ0) is 10.7. The van der Waals surface area contributed by atoms with Crippen LogP contribution in [0.2, 0.25) is 10.0 Å². The Kier molecular flexibility index (Phi) is 3.61. The number of methoxy groups -OCH3 is 2. The van der Waals surface area contributed by atoms with E-state index in [2.05, 4.69) is 0 Å². The largest absolute Gasteiger partial charge is 0.493 e. The Morgan fingerprint density at radius 1 is 1.29 bits per heavy atom. The Bertz CT molecular complexity index is 364. The summed E-state index contributed by atoms with van der Waals surface area (Å²) in [5, 5.41) is 0.398. The van der Waals surface area contributed by atoms with Gasteiger partial charge in [-0.3, -0.25) is 4.79 Å². The van der Waals surface area contributed by atoms with Crippen LogP contribution in [-0.2, 0) is 0 Å². The molecule has 1 aromatic carbocycles. The van der Waals surface area contributed by atoms with Crippen LogP contribution in [0.15, 0.2) is 6.07 Å². The number of carbonyl (C=O) groups excluding carboxylic acids is 1. The standard InChI is InChI=1S/C9H8Cl2O3/c1-13-7-3-6(10)5(4-12)8(11)9(7)14-2/h3-4H,1-2H3. The summed E-state index contributed by atoms with van der Waals surface area (Å²) in [7, 11) is 2.90. The molecular formula is C9H8Cl2O3. The minimum absolute atomic E-state index is 0.159. The van der Waals surface area contributed by atoms with Crippen molar-refractivity contribution in [2.45, 2.75) is 0 Å². The van der Waals surface area contributed by atoms with E-state index in [0.717, 1.165) is 0 Å². The number of benzene rings is 1. The second kappa shape index (κ2) is 4.53. The average Bonchev–Trinajstić information content (AvgIpc) is 2.17. The molecule has 0 aliphatic rings. The Morgan fingerprint density at radius 2 is 1.93 bits per heavy atom. The van der Waals surface area contributed by atoms with Gasteiger partial charge in [0.2, 0.25) is 0 Å². The summed E-state index contributed by atoms with van der Waals surface area (Å²) >= 11 is 11.7. The van der Waals surface area contributed by atoms with E-state index in [1.165, 1.54) is 20.3 Å². The molecule has 0 saturated carbocycles. The van der Waals surface area contributed by atoms with Gasteiger partial charge in [-0.2, -0.15) is 0 Å². The number of hydrogen-bond acceptors (Lipinski definition) is 3. The van der Waals surface area contributed by atoms with E-state index >= 15 is 0 Å². The maximum Gasteiger partial charge on any atom is 0.180 e. The number of ether oxygens (including phenoxy) is 2. The van der Waals surface area contributed by atoms with Crippen LogP contribution in [0.25, 0.3) is 0 Å². The van der Waals surface area contributed by atoms with Crippen LogP contribution >= 0.6 is 23.2 Å². The number of carbonyl (C=O) groups is 1. The lowest BCUT2D eigenvalue weighted by atomic mass is 10.2. The zero-order valence-electron chi connectivity index (χ0n) is 7.64. The molecule has 0 heterocycles. The van der Waals surface area contributed by atoms with Crippen LogP contribution in [0.5, 0.6) is 11.5 Å². The van der Waals surface area contributed by atoms with Gasteiger partial charge in [0.1, 0.15) is 0 Å². The quantitative estimate of drug-likeness (QED) is 0.755. The van der Waals surface area contributed by atoms with E-state index in [1.807, 2.05) is 0 Å². The fourth-order valence-corrected chi connectivity index (χ4v) is 1.65. The van der Waals surface area contributed by atoms with Crippen molar-refractivity contribution in [3.05, 3.63) is 21.7 Å². The molecule has 0 radical (unpaired) electrons. The zero-order valence-corrected chi connectivity index (χ0v) is 9.15. The molecule has 0 fully saturated rings. The lowest BCUT2D eigenvalue weighted by molar-refractivity contribution is 0.112. The summed E-state index contributed by atoms with van der Waals surface area (Å²) in [6, 6.07) is 1.48. The van der Waals surface area contributed by atoms with Crippen molar-refractivity contribution in [1.29, 1.82) is 0 Å². The molecular weight excluding hydrogens is 227 g/mol. The third-order valence-electron chi connectivity index (χ3n) is 1.72. The first-order valence-electron chi connectivity index (χ1n) is 3.70. The van der Waals surface area contributed by atoms with Gasteiger partial charge < -0.3 is 9.47 Å². The van der Waals surface area contributed by atoms with Gasteiger partial charge in [-0.15, -0.1) is 0 Å². The van der Waals surface area contributed by atoms with Crippen LogP contribution in [0, 0.1) is 0 Å². The second-order valence-corrected chi connectivity index (χ2v) is 3.22. The van der Waals surface area contributed by atoms with Crippen molar-refractivity contribution < 1.29 is 14.3 Å². The lowest BCUT2D eigenvalue weighted by Gasteiger charge is -2.11. The highest BCUT2D eigenvalue weighted by molar-refractivity contribution is 6.39. The SMILES string of the molecule is COc1cc(Cl)c(C=O)c(Cl)c1OC. The minimum atomic E-state index is 0.159. The minimum Gasteiger partial charge on any atom is -0.493 e. The van der Waals surface area contributed by atoms with Gasteiger partial charge in [-0.1, -0.05) is 23.2 Å². The van der Waals surface area contributed by atoms with E-state index in [4.69, 9.17) is 32.7 Å². The van der Waals surface area contributed by atoms with Crippen LogP contribution in [0.3, 0.4) is 0 Å². The van der Waals surface area contributed by atoms with Gasteiger partial charge in [0.05, 0.1) is 29.8 Å². The highest BCUT2D eigenvalue weighted by Crippen LogP contribution is 2.40. The molecule has 0 spiro atoms. The van der Waals surface area contributed by atoms with Crippen LogP contribution < -0.4 is 9.47 Å². The van der Waals surface area contributed by atoms with Crippen molar-refractivity contribution in [3.63, 3.8) is 0 Å². The third kappa shape index (κ3) is 1.79. The summed E-state index contributed by atoms with van der Waals surface area (Å²) < 4.78 is 9.98. The molecule has 0 atom stereocenters. The molecule has 3 nitrogen and oxygen atoms in total. The molecule has 0 saturated heterocycles. The number of rotatable bonds is 3. The van der Waals surface area contributed by atoms with Gasteiger partial charge in [0.25, 0.3) is 0 Å². The molecule has 1 rings (SSSR count). The molecule has 1 aromatic rings. The van der Waals surface area contributed by atoms with E-state index in [1.54, 1.807) is 0 Å². The van der Waals surface area contributed by atoms with E-state index < -0.39 is 0 Å². The highest BCUT2D eigenvalue weighted by atomic mass is 35.5. The van der Waals surface area contributed by atoms with Gasteiger partial charge in [0.15, 0.2) is 17.8 Å². The molecule has 0 aliphatic heterocycles. The second-order valence-electron chi connectivity index (χ2n) is 2.44. The van der Waals surface area contributed by atoms with Crippen LogP contribution in [0.4, 0.5) is 0 Å². The molecule has 0 aromatic heterocycles. The van der Waals surface area contributed by atoms with Crippen LogP contribution in [-0.4, -0.2) is 20.5 Å². The normalized spacial score (nSPS) is 9.71. The maximum atomic E-state index is 10.7. The molecule has 5 heteroatoms. The fraction of sp³-hybridized carbons (Fsp3) is 0.222. The fourth-order valence-electron chi connectivity index (χ4n) is 1.04. The van der Waals surface area contributed by atoms with E-state index in [-0.39, 0.29) is 15.6 Å². The predicted molar refractivity (Wildman–Crippen MR) is 55.0 cm³/mol. The molecule has 0 amide bonds. The van der Waals surface area contributed by atoms with E-state index in [0.29, 0.717) is 17.8 Å². The first-order valence-corrected chi connectivity index (χ1v) is 4.46. The number of hydrogen-bond donors (Lipinski definition) is 0. The van der Waals surface area contributed by atoms with Gasteiger partial charge in [-0.25, -0.2) is 0 Å². The van der Waals surface area contributed by atoms with Crippen molar-refractivity contribution in [1.82, 2.24) is 0 Å². The number of halogens is 2. The number of aldehydes is 1. The average molecular weight is 235 g/mol. The highest BCUT2D eigenvalue weighted by Gasteiger charge is 2.16. The Hall–Kier alpha value is -0.930. The first-order chi connectivity index (χ1) is 6.65. The molecule has 0 N–H and O–H groups in total. The maximum absolute atomic E-state index is 10.7. The molecule has 0 bridgehead atoms. The smallest absolute Gasteiger partial charge is 0.180 e. The summed E-state index contributed by atoms with van der Waals surface area (Å²) in [6.45, 7) is 0. The van der Waals surface area contributed by atoms with Gasteiger partial charge in [0, 0.05) is 6.07 Å². The van der Waals surface area contributed by atoms with Crippen molar-refractivity contribution in [2.24, 2.45) is 0 Å². The summed E-state index contributed by atoms with van der Waals surface area (Å²) in [6.07, 6.45) is 0.576. The Labute approximate surface area is 91.5 Å². The molecule has 0 unspecified atom stereocenters. The summed E-state index contributed by atoms with van der Waals surface area (Å²) in [5.41, 5.74) is 0.200. The topological polar surface area (TPSA) is 35.5 Å². The van der Waals surface area contributed by atoms with Crippen molar-refractivity contribution in [3.8, 4) is 11.5 Å². The monoisotopic (exact) mass is 234 g/mol. The van der Waals surface area contributed by atoms with Gasteiger partial charge >= 0.3 is 0 Å². The first kappa shape index (κ1) is 11.1. The summed E-state index contributed by atoms with van der Waals surface area (Å²) in [5.74, 6) is 0.703. The van der Waals surface area contributed by atoms with Crippen molar-refractivity contribution >= 4 is 29.5 Å². The molecule has 76 valence electrons. The Balaban J connectivity index is 3.46. The van der Waals surface area contributed by atoms with E-state index in [9.17, 15) is 4.79 Å². The molecule has 14 heavy (non-hydrogen) atoms. The lowest BCUT2D eigenvalue weighted by Crippen LogP contribution is -1.95. The van der Waals surface area contributed by atoms with Gasteiger partial charge in [-0.05, 0) is 0 Å². The van der Waals surface area contributed by atoms with Crippen LogP contribution in [0.1, 0.15) is 10.4 Å². The van der Waals surface area contributed by atoms with Crippen molar-refractivity contribution in [2.75, 3.05) is 14.2 Å². The summed E-state index contributed by atoms with van der Waals surface area (Å²) in [4.78, 5) is 10.7.